The highest BCUT2D eigenvalue weighted by molar-refractivity contribution is 7.80. The van der Waals surface area contributed by atoms with E-state index in [0.29, 0.717) is 28.8 Å². The Morgan fingerprint density at radius 2 is 2.16 bits per heavy atom. The number of hydrogen-bond acceptors (Lipinski definition) is 3. The minimum absolute atomic E-state index is 0.212. The molecule has 0 aliphatic carbocycles. The first kappa shape index (κ1) is 14.2. The second-order valence-electron chi connectivity index (χ2n) is 4.91. The molecule has 3 nitrogen and oxygen atoms in total. The summed E-state index contributed by atoms with van der Waals surface area (Å²) in [5.41, 5.74) is 6.36. The number of rotatable bonds is 4. The standard InChI is InChI=1S/C14H19FN2OS/c1-18-12-3-2-11(13(15)8-12)9-17-6-4-10(5-7-17)14(16)19/h2-3,8,10H,4-7,9H2,1H3,(H2,16,19). The Hall–Kier alpha value is -1.20. The molecule has 0 aromatic heterocycles. The van der Waals surface area contributed by atoms with Gasteiger partial charge in [0.2, 0.25) is 0 Å². The molecule has 1 aliphatic heterocycles. The zero-order chi connectivity index (χ0) is 13.8. The predicted octanol–water partition coefficient (Wildman–Crippen LogP) is 2.33. The number of nitrogens with zero attached hydrogens (tertiary/aromatic N) is 1. The highest BCUT2D eigenvalue weighted by atomic mass is 32.1. The summed E-state index contributed by atoms with van der Waals surface area (Å²) in [6.45, 7) is 2.45. The van der Waals surface area contributed by atoms with Crippen molar-refractivity contribution >= 4 is 17.2 Å². The summed E-state index contributed by atoms with van der Waals surface area (Å²) in [6.07, 6.45) is 1.93. The van der Waals surface area contributed by atoms with E-state index < -0.39 is 0 Å². The molecule has 0 unspecified atom stereocenters. The van der Waals surface area contributed by atoms with Gasteiger partial charge in [-0.1, -0.05) is 18.3 Å². The van der Waals surface area contributed by atoms with Crippen LogP contribution in [-0.4, -0.2) is 30.1 Å². The molecule has 1 aromatic rings. The van der Waals surface area contributed by atoms with E-state index in [-0.39, 0.29) is 5.82 Å². The van der Waals surface area contributed by atoms with E-state index >= 15 is 0 Å². The van der Waals surface area contributed by atoms with E-state index in [1.165, 1.54) is 13.2 Å². The van der Waals surface area contributed by atoms with Gasteiger partial charge in [0.25, 0.3) is 0 Å². The van der Waals surface area contributed by atoms with Gasteiger partial charge >= 0.3 is 0 Å². The van der Waals surface area contributed by atoms with Crippen molar-refractivity contribution in [3.8, 4) is 5.75 Å². The molecule has 5 heteroatoms. The van der Waals surface area contributed by atoms with Crippen LogP contribution in [-0.2, 0) is 6.54 Å². The van der Waals surface area contributed by atoms with Crippen molar-refractivity contribution in [2.45, 2.75) is 19.4 Å². The first-order valence-electron chi connectivity index (χ1n) is 6.44. The molecule has 19 heavy (non-hydrogen) atoms. The van der Waals surface area contributed by atoms with Crippen LogP contribution >= 0.6 is 12.2 Å². The highest BCUT2D eigenvalue weighted by Gasteiger charge is 2.21. The van der Waals surface area contributed by atoms with Crippen LogP contribution in [0, 0.1) is 11.7 Å². The molecule has 1 heterocycles. The number of halogens is 1. The third-order valence-electron chi connectivity index (χ3n) is 3.64. The molecule has 0 amide bonds. The molecule has 2 N–H and O–H groups in total. The molecule has 104 valence electrons. The van der Waals surface area contributed by atoms with Crippen LogP contribution in [0.25, 0.3) is 0 Å². The van der Waals surface area contributed by atoms with Gasteiger partial charge in [-0.15, -0.1) is 0 Å². The van der Waals surface area contributed by atoms with Gasteiger partial charge in [-0.25, -0.2) is 4.39 Å². The predicted molar refractivity (Wildman–Crippen MR) is 77.7 cm³/mol. The van der Waals surface area contributed by atoms with Gasteiger partial charge in [0.05, 0.1) is 12.1 Å². The molecule has 0 spiro atoms. The SMILES string of the molecule is COc1ccc(CN2CCC(C(N)=S)CC2)c(F)c1. The number of likely N-dealkylation sites (tertiary alicyclic amines) is 1. The minimum Gasteiger partial charge on any atom is -0.497 e. The molecular formula is C14H19FN2OS. The summed E-state index contributed by atoms with van der Waals surface area (Å²) < 4.78 is 18.8. The lowest BCUT2D eigenvalue weighted by Gasteiger charge is -2.31. The Morgan fingerprint density at radius 3 is 2.68 bits per heavy atom. The fraction of sp³-hybridized carbons (Fsp3) is 0.500. The van der Waals surface area contributed by atoms with Crippen LogP contribution in [0.1, 0.15) is 18.4 Å². The van der Waals surface area contributed by atoms with E-state index in [2.05, 4.69) is 4.90 Å². The maximum Gasteiger partial charge on any atom is 0.131 e. The minimum atomic E-state index is -0.212. The average molecular weight is 282 g/mol. The van der Waals surface area contributed by atoms with Gasteiger partial charge in [-0.05, 0) is 32.0 Å². The van der Waals surface area contributed by atoms with Crippen molar-refractivity contribution in [3.63, 3.8) is 0 Å². The van der Waals surface area contributed by atoms with Crippen molar-refractivity contribution < 1.29 is 9.13 Å². The monoisotopic (exact) mass is 282 g/mol. The lowest BCUT2D eigenvalue weighted by molar-refractivity contribution is 0.200. The van der Waals surface area contributed by atoms with Crippen LogP contribution in [0.5, 0.6) is 5.75 Å². The van der Waals surface area contributed by atoms with Crippen molar-refractivity contribution in [3.05, 3.63) is 29.6 Å². The number of hydrogen-bond donors (Lipinski definition) is 1. The zero-order valence-corrected chi connectivity index (χ0v) is 11.9. The number of methoxy groups -OCH3 is 1. The molecule has 0 bridgehead atoms. The van der Waals surface area contributed by atoms with Gasteiger partial charge in [-0.3, -0.25) is 4.90 Å². The van der Waals surface area contributed by atoms with Crippen molar-refractivity contribution in [1.29, 1.82) is 0 Å². The summed E-state index contributed by atoms with van der Waals surface area (Å²) in [5.74, 6) is 0.677. The molecule has 1 aromatic carbocycles. The zero-order valence-electron chi connectivity index (χ0n) is 11.1. The van der Waals surface area contributed by atoms with E-state index in [1.807, 2.05) is 0 Å². The Balaban J connectivity index is 1.94. The van der Waals surface area contributed by atoms with E-state index in [1.54, 1.807) is 12.1 Å². The van der Waals surface area contributed by atoms with E-state index in [0.717, 1.165) is 25.9 Å². The second-order valence-corrected chi connectivity index (χ2v) is 5.38. The number of benzene rings is 1. The largest absolute Gasteiger partial charge is 0.497 e. The van der Waals surface area contributed by atoms with Crippen molar-refractivity contribution in [1.82, 2.24) is 4.90 Å². The fourth-order valence-corrected chi connectivity index (χ4v) is 2.64. The highest BCUT2D eigenvalue weighted by Crippen LogP contribution is 2.22. The van der Waals surface area contributed by atoms with Gasteiger partial charge < -0.3 is 10.5 Å². The molecule has 1 aliphatic rings. The topological polar surface area (TPSA) is 38.5 Å². The molecule has 0 radical (unpaired) electrons. The first-order chi connectivity index (χ1) is 9.10. The summed E-state index contributed by atoms with van der Waals surface area (Å²) in [5, 5.41) is 0. The van der Waals surface area contributed by atoms with Crippen LogP contribution in [0.3, 0.4) is 0 Å². The molecule has 2 rings (SSSR count). The number of thiocarbonyl (C=S) groups is 1. The van der Waals surface area contributed by atoms with Crippen molar-refractivity contribution in [2.24, 2.45) is 11.7 Å². The van der Waals surface area contributed by atoms with Crippen LogP contribution in [0.2, 0.25) is 0 Å². The van der Waals surface area contributed by atoms with E-state index in [4.69, 9.17) is 22.7 Å². The Bertz CT molecular complexity index is 459. The quantitative estimate of drug-likeness (QED) is 0.860. The summed E-state index contributed by atoms with van der Waals surface area (Å²) in [4.78, 5) is 2.84. The molecule has 0 atom stereocenters. The summed E-state index contributed by atoms with van der Waals surface area (Å²) in [7, 11) is 1.54. The normalized spacial score (nSPS) is 17.4. The van der Waals surface area contributed by atoms with Gasteiger partial charge in [0, 0.05) is 24.1 Å². The van der Waals surface area contributed by atoms with E-state index in [9.17, 15) is 4.39 Å². The van der Waals surface area contributed by atoms with Crippen molar-refractivity contribution in [2.75, 3.05) is 20.2 Å². The lowest BCUT2D eigenvalue weighted by atomic mass is 9.96. The van der Waals surface area contributed by atoms with Crippen LogP contribution in [0.15, 0.2) is 18.2 Å². The van der Waals surface area contributed by atoms with Gasteiger partial charge in [0.15, 0.2) is 0 Å². The first-order valence-corrected chi connectivity index (χ1v) is 6.85. The lowest BCUT2D eigenvalue weighted by Crippen LogP contribution is -2.37. The third kappa shape index (κ3) is 3.64. The molecule has 1 saturated heterocycles. The Kier molecular flexibility index (Phi) is 4.71. The second kappa shape index (κ2) is 6.30. The summed E-state index contributed by atoms with van der Waals surface area (Å²) in [6, 6.07) is 5.01. The number of piperidine rings is 1. The molecular weight excluding hydrogens is 263 g/mol. The molecule has 0 saturated carbocycles. The average Bonchev–Trinajstić information content (AvgIpc) is 2.41. The molecule has 1 fully saturated rings. The Labute approximate surface area is 118 Å². The smallest absolute Gasteiger partial charge is 0.131 e. The third-order valence-corrected chi connectivity index (χ3v) is 3.98. The number of ether oxygens (including phenoxy) is 1. The fourth-order valence-electron chi connectivity index (χ4n) is 2.40. The maximum absolute atomic E-state index is 13.8. The number of nitrogens with two attached hydrogens (primary N) is 1. The summed E-state index contributed by atoms with van der Waals surface area (Å²) >= 11 is 5.02. The van der Waals surface area contributed by atoms with Gasteiger partial charge in [-0.2, -0.15) is 0 Å². The Morgan fingerprint density at radius 1 is 1.47 bits per heavy atom. The van der Waals surface area contributed by atoms with Crippen LogP contribution < -0.4 is 10.5 Å². The maximum atomic E-state index is 13.8. The van der Waals surface area contributed by atoms with Crippen LogP contribution in [0.4, 0.5) is 4.39 Å². The van der Waals surface area contributed by atoms with Gasteiger partial charge in [0.1, 0.15) is 11.6 Å².